The van der Waals surface area contributed by atoms with Crippen LogP contribution < -0.4 is 4.74 Å². The van der Waals surface area contributed by atoms with E-state index in [2.05, 4.69) is 5.16 Å². The second kappa shape index (κ2) is 8.85. The number of nitrogens with zero attached hydrogens (tertiary/aromatic N) is 1. The summed E-state index contributed by atoms with van der Waals surface area (Å²) in [4.78, 5) is 12.3. The Morgan fingerprint density at radius 2 is 1.59 bits per heavy atom. The van der Waals surface area contributed by atoms with Crippen molar-refractivity contribution in [3.63, 3.8) is 0 Å². The zero-order valence-corrected chi connectivity index (χ0v) is 15.7. The lowest BCUT2D eigenvalue weighted by Gasteiger charge is -2.04. The zero-order chi connectivity index (χ0) is 19.9. The molecule has 0 aliphatic carbocycles. The second-order valence-corrected chi connectivity index (χ2v) is 6.47. The van der Waals surface area contributed by atoms with Crippen LogP contribution in [0.15, 0.2) is 102 Å². The summed E-state index contributed by atoms with van der Waals surface area (Å²) in [5.41, 5.74) is 3.36. The van der Waals surface area contributed by atoms with E-state index in [0.29, 0.717) is 17.1 Å². The third-order valence-electron chi connectivity index (χ3n) is 4.38. The van der Waals surface area contributed by atoms with Crippen molar-refractivity contribution in [2.45, 2.75) is 6.61 Å². The van der Waals surface area contributed by atoms with E-state index in [1.54, 1.807) is 36.4 Å². The largest absolute Gasteiger partial charge is 0.486 e. The summed E-state index contributed by atoms with van der Waals surface area (Å²) >= 11 is 0. The number of carbonyl (C=O) groups is 1. The Balaban J connectivity index is 1.34. The summed E-state index contributed by atoms with van der Waals surface area (Å²) in [5.74, 6) is 1.24. The minimum Gasteiger partial charge on any atom is -0.486 e. The average molecular weight is 381 g/mol. The van der Waals surface area contributed by atoms with E-state index in [1.807, 2.05) is 66.7 Å². The van der Waals surface area contributed by atoms with Crippen LogP contribution in [-0.2, 0) is 6.61 Å². The van der Waals surface area contributed by atoms with Gasteiger partial charge in [-0.15, -0.1) is 0 Å². The number of benzene rings is 3. The first-order valence-electron chi connectivity index (χ1n) is 9.29. The third kappa shape index (κ3) is 4.87. The van der Waals surface area contributed by atoms with Gasteiger partial charge < -0.3 is 9.26 Å². The molecule has 0 atom stereocenters. The highest BCUT2D eigenvalue weighted by Gasteiger charge is 2.07. The third-order valence-corrected chi connectivity index (χ3v) is 4.38. The molecule has 0 saturated carbocycles. The molecule has 0 fully saturated rings. The van der Waals surface area contributed by atoms with E-state index >= 15 is 0 Å². The monoisotopic (exact) mass is 381 g/mol. The first-order valence-corrected chi connectivity index (χ1v) is 9.29. The topological polar surface area (TPSA) is 52.3 Å². The van der Waals surface area contributed by atoms with Gasteiger partial charge in [-0.25, -0.2) is 0 Å². The molecule has 4 heteroatoms. The predicted octanol–water partition coefficient (Wildman–Crippen LogP) is 5.82. The van der Waals surface area contributed by atoms with Gasteiger partial charge in [0.2, 0.25) is 0 Å². The van der Waals surface area contributed by atoms with E-state index in [4.69, 9.17) is 9.26 Å². The van der Waals surface area contributed by atoms with Gasteiger partial charge in [-0.3, -0.25) is 4.79 Å². The molecule has 0 amide bonds. The minimum absolute atomic E-state index is 0.0526. The lowest BCUT2D eigenvalue weighted by Crippen LogP contribution is -1.96. The van der Waals surface area contributed by atoms with Crippen molar-refractivity contribution in [2.24, 2.45) is 0 Å². The van der Waals surface area contributed by atoms with Gasteiger partial charge in [0.15, 0.2) is 11.5 Å². The number of allylic oxidation sites excluding steroid dienone is 1. The van der Waals surface area contributed by atoms with Crippen LogP contribution in [0.25, 0.3) is 17.3 Å². The van der Waals surface area contributed by atoms with E-state index < -0.39 is 0 Å². The number of aromatic nitrogens is 1. The molecule has 0 N–H and O–H groups in total. The maximum absolute atomic E-state index is 12.3. The number of ketones is 1. The van der Waals surface area contributed by atoms with Crippen LogP contribution in [0, 0.1) is 0 Å². The quantitative estimate of drug-likeness (QED) is 0.299. The number of hydrogen-bond donors (Lipinski definition) is 0. The van der Waals surface area contributed by atoms with Crippen molar-refractivity contribution in [1.82, 2.24) is 5.16 Å². The van der Waals surface area contributed by atoms with Crippen LogP contribution in [-0.4, -0.2) is 10.9 Å². The van der Waals surface area contributed by atoms with Crippen molar-refractivity contribution >= 4 is 11.9 Å². The summed E-state index contributed by atoms with van der Waals surface area (Å²) in [6.45, 7) is 0.265. The van der Waals surface area contributed by atoms with E-state index in [-0.39, 0.29) is 12.4 Å². The molecule has 4 nitrogen and oxygen atoms in total. The van der Waals surface area contributed by atoms with Crippen LogP contribution in [0.3, 0.4) is 0 Å². The number of hydrogen-bond acceptors (Lipinski definition) is 4. The van der Waals surface area contributed by atoms with E-state index in [9.17, 15) is 4.79 Å². The molecule has 0 saturated heterocycles. The highest BCUT2D eigenvalue weighted by molar-refractivity contribution is 6.06. The molecule has 0 bridgehead atoms. The van der Waals surface area contributed by atoms with Gasteiger partial charge in [0.25, 0.3) is 0 Å². The normalized spacial score (nSPS) is 10.9. The molecule has 29 heavy (non-hydrogen) atoms. The van der Waals surface area contributed by atoms with Crippen LogP contribution in [0.4, 0.5) is 0 Å². The lowest BCUT2D eigenvalue weighted by atomic mass is 10.1. The summed E-state index contributed by atoms with van der Waals surface area (Å²) in [7, 11) is 0. The molecule has 0 spiro atoms. The Morgan fingerprint density at radius 1 is 0.897 bits per heavy atom. The van der Waals surface area contributed by atoms with Gasteiger partial charge >= 0.3 is 0 Å². The number of carbonyl (C=O) groups excluding carboxylic acids is 1. The fourth-order valence-corrected chi connectivity index (χ4v) is 2.83. The average Bonchev–Trinajstić information content (AvgIpc) is 3.27. The number of ether oxygens (including phenoxy) is 1. The summed E-state index contributed by atoms with van der Waals surface area (Å²) in [5, 5.41) is 4.07. The van der Waals surface area contributed by atoms with Gasteiger partial charge in [0.05, 0.1) is 0 Å². The van der Waals surface area contributed by atoms with Gasteiger partial charge in [-0.1, -0.05) is 71.9 Å². The van der Waals surface area contributed by atoms with Crippen LogP contribution >= 0.6 is 0 Å². The highest BCUT2D eigenvalue weighted by atomic mass is 16.5. The summed E-state index contributed by atoms with van der Waals surface area (Å²) < 4.78 is 11.1. The lowest BCUT2D eigenvalue weighted by molar-refractivity contribution is 0.104. The van der Waals surface area contributed by atoms with Crippen molar-refractivity contribution in [3.05, 3.63) is 114 Å². The Morgan fingerprint density at radius 3 is 2.31 bits per heavy atom. The maximum Gasteiger partial charge on any atom is 0.185 e. The van der Waals surface area contributed by atoms with Gasteiger partial charge in [0.1, 0.15) is 18.1 Å². The van der Waals surface area contributed by atoms with Crippen LogP contribution in [0.2, 0.25) is 0 Å². The van der Waals surface area contributed by atoms with Crippen LogP contribution in [0.5, 0.6) is 5.75 Å². The second-order valence-electron chi connectivity index (χ2n) is 6.47. The van der Waals surface area contributed by atoms with Gasteiger partial charge in [0, 0.05) is 17.2 Å². The van der Waals surface area contributed by atoms with Gasteiger partial charge in [-0.05, 0) is 35.9 Å². The van der Waals surface area contributed by atoms with Crippen molar-refractivity contribution in [2.75, 3.05) is 0 Å². The molecule has 3 aromatic carbocycles. The first-order chi connectivity index (χ1) is 14.3. The SMILES string of the molecule is O=C(C=Cc1ccccc1)c1ccc(OCc2cc(-c3ccccc3)no2)cc1. The van der Waals surface area contributed by atoms with Crippen molar-refractivity contribution in [3.8, 4) is 17.0 Å². The van der Waals surface area contributed by atoms with E-state index in [0.717, 1.165) is 16.8 Å². The predicted molar refractivity (Wildman–Crippen MR) is 113 cm³/mol. The molecular formula is C25H19NO3. The zero-order valence-electron chi connectivity index (χ0n) is 15.7. The van der Waals surface area contributed by atoms with E-state index in [1.165, 1.54) is 0 Å². The molecule has 4 rings (SSSR count). The fraction of sp³-hybridized carbons (Fsp3) is 0.0400. The van der Waals surface area contributed by atoms with Crippen LogP contribution in [0.1, 0.15) is 21.7 Å². The molecule has 0 unspecified atom stereocenters. The summed E-state index contributed by atoms with van der Waals surface area (Å²) in [6, 6.07) is 28.5. The molecular weight excluding hydrogens is 362 g/mol. The molecule has 0 aliphatic heterocycles. The smallest absolute Gasteiger partial charge is 0.185 e. The first kappa shape index (κ1) is 18.4. The van der Waals surface area contributed by atoms with Crippen molar-refractivity contribution < 1.29 is 14.1 Å². The number of rotatable bonds is 7. The van der Waals surface area contributed by atoms with Crippen molar-refractivity contribution in [1.29, 1.82) is 0 Å². The Kier molecular flexibility index (Phi) is 5.63. The molecule has 1 aromatic heterocycles. The molecule has 142 valence electrons. The standard InChI is InChI=1S/C25H19NO3/c27-25(16-11-19-7-3-1-4-8-19)21-12-14-22(15-13-21)28-18-23-17-24(26-29-23)20-9-5-2-6-10-20/h1-17H,18H2. The Bertz CT molecular complexity index is 1100. The van der Waals surface area contributed by atoms with Gasteiger partial charge in [-0.2, -0.15) is 0 Å². The molecule has 1 heterocycles. The summed E-state index contributed by atoms with van der Waals surface area (Å²) in [6.07, 6.45) is 3.38. The molecule has 4 aromatic rings. The highest BCUT2D eigenvalue weighted by Crippen LogP contribution is 2.20. The maximum atomic E-state index is 12.3. The Hall–Kier alpha value is -3.92. The molecule has 0 aliphatic rings. The molecule has 0 radical (unpaired) electrons. The fourth-order valence-electron chi connectivity index (χ4n) is 2.83. The Labute approximate surface area is 169 Å². The minimum atomic E-state index is -0.0526.